The van der Waals surface area contributed by atoms with Crippen LogP contribution >= 0.6 is 11.3 Å². The molecule has 0 saturated carbocycles. The maximum atomic E-state index is 10.9. The van der Waals surface area contributed by atoms with Crippen molar-refractivity contribution in [2.75, 3.05) is 13.1 Å². The van der Waals surface area contributed by atoms with E-state index in [0.29, 0.717) is 11.5 Å². The van der Waals surface area contributed by atoms with Crippen LogP contribution in [0.3, 0.4) is 0 Å². The summed E-state index contributed by atoms with van der Waals surface area (Å²) in [6.45, 7) is 2.00. The number of nitrogens with one attached hydrogen (secondary N) is 1. The highest BCUT2D eigenvalue weighted by Gasteiger charge is 2.21. The molecule has 76 valence electrons. The summed E-state index contributed by atoms with van der Waals surface area (Å²) < 4.78 is 0. The van der Waals surface area contributed by atoms with E-state index >= 15 is 0 Å². The van der Waals surface area contributed by atoms with Crippen LogP contribution in [0.25, 0.3) is 0 Å². The van der Waals surface area contributed by atoms with Crippen molar-refractivity contribution in [2.24, 2.45) is 0 Å². The van der Waals surface area contributed by atoms with Gasteiger partial charge in [-0.25, -0.2) is 4.79 Å². The zero-order chi connectivity index (χ0) is 9.97. The molecule has 0 unspecified atom stereocenters. The second-order valence-electron chi connectivity index (χ2n) is 3.57. The van der Waals surface area contributed by atoms with Crippen molar-refractivity contribution in [3.05, 3.63) is 21.9 Å². The van der Waals surface area contributed by atoms with Gasteiger partial charge in [0.2, 0.25) is 0 Å². The number of hydrogen-bond acceptors (Lipinski definition) is 3. The molecule has 1 aliphatic heterocycles. The monoisotopic (exact) mass is 211 g/mol. The summed E-state index contributed by atoms with van der Waals surface area (Å²) in [5.41, 5.74) is 1.53. The molecule has 2 heterocycles. The van der Waals surface area contributed by atoms with Crippen LogP contribution in [-0.4, -0.2) is 24.2 Å². The first-order valence-corrected chi connectivity index (χ1v) is 5.73. The van der Waals surface area contributed by atoms with Gasteiger partial charge >= 0.3 is 5.97 Å². The van der Waals surface area contributed by atoms with Crippen molar-refractivity contribution in [2.45, 2.75) is 18.8 Å². The molecule has 1 aromatic rings. The average Bonchev–Trinajstić information content (AvgIpc) is 2.67. The summed E-state index contributed by atoms with van der Waals surface area (Å²) in [7, 11) is 0. The standard InChI is InChI=1S/C10H13NO2S/c12-10(13)9-6-14-5-8(9)7-1-3-11-4-2-7/h5-7,11H,1-4H2,(H,12,13). The van der Waals surface area contributed by atoms with Crippen LogP contribution < -0.4 is 5.32 Å². The topological polar surface area (TPSA) is 49.3 Å². The Hall–Kier alpha value is -0.870. The zero-order valence-electron chi connectivity index (χ0n) is 7.82. The average molecular weight is 211 g/mol. The molecule has 0 spiro atoms. The largest absolute Gasteiger partial charge is 0.478 e. The van der Waals surface area contributed by atoms with Gasteiger partial charge in [0.15, 0.2) is 0 Å². The molecular formula is C10H13NO2S. The summed E-state index contributed by atoms with van der Waals surface area (Å²) in [4.78, 5) is 10.9. The predicted octanol–water partition coefficient (Wildman–Crippen LogP) is 1.91. The number of aromatic carboxylic acids is 1. The fraction of sp³-hybridized carbons (Fsp3) is 0.500. The molecule has 1 saturated heterocycles. The molecule has 0 bridgehead atoms. The van der Waals surface area contributed by atoms with Gasteiger partial charge in [-0.2, -0.15) is 11.3 Å². The molecule has 2 N–H and O–H groups in total. The number of thiophene rings is 1. The number of piperidine rings is 1. The second-order valence-corrected chi connectivity index (χ2v) is 4.31. The van der Waals surface area contributed by atoms with E-state index in [0.717, 1.165) is 31.5 Å². The van der Waals surface area contributed by atoms with Crippen LogP contribution in [0, 0.1) is 0 Å². The van der Waals surface area contributed by atoms with Crippen LogP contribution in [0.1, 0.15) is 34.7 Å². The minimum absolute atomic E-state index is 0.439. The Balaban J connectivity index is 2.21. The van der Waals surface area contributed by atoms with E-state index in [-0.39, 0.29) is 0 Å². The van der Waals surface area contributed by atoms with Crippen molar-refractivity contribution >= 4 is 17.3 Å². The first kappa shape index (κ1) is 9.68. The first-order valence-electron chi connectivity index (χ1n) is 4.79. The van der Waals surface area contributed by atoms with Crippen molar-refractivity contribution in [1.29, 1.82) is 0 Å². The third kappa shape index (κ3) is 1.81. The molecule has 0 atom stereocenters. The smallest absolute Gasteiger partial charge is 0.336 e. The quantitative estimate of drug-likeness (QED) is 0.785. The summed E-state index contributed by atoms with van der Waals surface area (Å²) >= 11 is 1.49. The Morgan fingerprint density at radius 3 is 2.79 bits per heavy atom. The Kier molecular flexibility index (Phi) is 2.84. The van der Waals surface area contributed by atoms with E-state index in [1.807, 2.05) is 5.38 Å². The molecule has 0 radical (unpaired) electrons. The van der Waals surface area contributed by atoms with Gasteiger partial charge in [0.1, 0.15) is 0 Å². The Labute approximate surface area is 86.8 Å². The van der Waals surface area contributed by atoms with Crippen LogP contribution in [0.2, 0.25) is 0 Å². The van der Waals surface area contributed by atoms with Crippen molar-refractivity contribution in [1.82, 2.24) is 5.32 Å². The SMILES string of the molecule is O=C(O)c1cscc1C1CCNCC1. The lowest BCUT2D eigenvalue weighted by Crippen LogP contribution is -2.27. The van der Waals surface area contributed by atoms with Gasteiger partial charge in [0.05, 0.1) is 5.56 Å². The van der Waals surface area contributed by atoms with Crippen LogP contribution in [0.4, 0.5) is 0 Å². The van der Waals surface area contributed by atoms with E-state index < -0.39 is 5.97 Å². The zero-order valence-corrected chi connectivity index (χ0v) is 8.64. The minimum Gasteiger partial charge on any atom is -0.478 e. The number of hydrogen-bond donors (Lipinski definition) is 2. The van der Waals surface area contributed by atoms with Gasteiger partial charge in [-0.1, -0.05) is 0 Å². The predicted molar refractivity (Wildman–Crippen MR) is 56.1 cm³/mol. The lowest BCUT2D eigenvalue weighted by atomic mass is 9.90. The minimum atomic E-state index is -0.792. The maximum absolute atomic E-state index is 10.9. The normalized spacial score (nSPS) is 18.3. The second kappa shape index (κ2) is 4.11. The maximum Gasteiger partial charge on any atom is 0.336 e. The fourth-order valence-electron chi connectivity index (χ4n) is 1.93. The Bertz CT molecular complexity index is 329. The number of rotatable bonds is 2. The van der Waals surface area contributed by atoms with Crippen LogP contribution in [0.5, 0.6) is 0 Å². The van der Waals surface area contributed by atoms with Crippen LogP contribution in [0.15, 0.2) is 10.8 Å². The highest BCUT2D eigenvalue weighted by atomic mass is 32.1. The summed E-state index contributed by atoms with van der Waals surface area (Å²) in [6, 6.07) is 0. The van der Waals surface area contributed by atoms with Gasteiger partial charge in [-0.3, -0.25) is 0 Å². The fourth-order valence-corrected chi connectivity index (χ4v) is 2.84. The molecule has 1 fully saturated rings. The summed E-state index contributed by atoms with van der Waals surface area (Å²) in [5.74, 6) is -0.353. The van der Waals surface area contributed by atoms with E-state index in [1.165, 1.54) is 11.3 Å². The highest BCUT2D eigenvalue weighted by molar-refractivity contribution is 7.08. The number of carbonyl (C=O) groups is 1. The third-order valence-electron chi connectivity index (χ3n) is 2.70. The molecule has 2 rings (SSSR count). The molecule has 0 aliphatic carbocycles. The lowest BCUT2D eigenvalue weighted by molar-refractivity contribution is 0.0695. The number of carboxylic acids is 1. The van der Waals surface area contributed by atoms with Crippen molar-refractivity contribution in [3.8, 4) is 0 Å². The lowest BCUT2D eigenvalue weighted by Gasteiger charge is -2.22. The van der Waals surface area contributed by atoms with E-state index in [9.17, 15) is 4.79 Å². The van der Waals surface area contributed by atoms with E-state index in [1.54, 1.807) is 5.38 Å². The Morgan fingerprint density at radius 1 is 1.43 bits per heavy atom. The number of carboxylic acid groups (broad SMARTS) is 1. The molecule has 1 aliphatic rings. The van der Waals surface area contributed by atoms with Gasteiger partial charge in [0, 0.05) is 5.38 Å². The van der Waals surface area contributed by atoms with E-state index in [4.69, 9.17) is 5.11 Å². The molecule has 0 aromatic carbocycles. The van der Waals surface area contributed by atoms with Crippen molar-refractivity contribution in [3.63, 3.8) is 0 Å². The first-order chi connectivity index (χ1) is 6.79. The molecule has 3 nitrogen and oxygen atoms in total. The highest BCUT2D eigenvalue weighted by Crippen LogP contribution is 2.30. The van der Waals surface area contributed by atoms with Gasteiger partial charge in [-0.05, 0) is 42.8 Å². The molecule has 4 heteroatoms. The molecular weight excluding hydrogens is 198 g/mol. The molecule has 1 aromatic heterocycles. The Morgan fingerprint density at radius 2 is 2.14 bits per heavy atom. The van der Waals surface area contributed by atoms with Gasteiger partial charge in [-0.15, -0.1) is 0 Å². The molecule has 14 heavy (non-hydrogen) atoms. The van der Waals surface area contributed by atoms with Gasteiger partial charge in [0.25, 0.3) is 0 Å². The summed E-state index contributed by atoms with van der Waals surface area (Å²) in [5, 5.41) is 16.0. The van der Waals surface area contributed by atoms with Crippen LogP contribution in [-0.2, 0) is 0 Å². The van der Waals surface area contributed by atoms with E-state index in [2.05, 4.69) is 5.32 Å². The van der Waals surface area contributed by atoms with Gasteiger partial charge < -0.3 is 10.4 Å². The van der Waals surface area contributed by atoms with Crippen molar-refractivity contribution < 1.29 is 9.90 Å². The third-order valence-corrected chi connectivity index (χ3v) is 3.46. The summed E-state index contributed by atoms with van der Waals surface area (Å²) in [6.07, 6.45) is 2.11. The molecule has 0 amide bonds.